The highest BCUT2D eigenvalue weighted by molar-refractivity contribution is 9.10. The van der Waals surface area contributed by atoms with E-state index in [0.717, 1.165) is 33.9 Å². The largest absolute Gasteiger partial charge is 0.324 e. The Morgan fingerprint density at radius 3 is 2.61 bits per heavy atom. The Hall–Kier alpha value is -2.63. The number of aromatic nitrogens is 3. The Morgan fingerprint density at radius 1 is 1.13 bits per heavy atom. The van der Waals surface area contributed by atoms with Gasteiger partial charge in [0.05, 0.1) is 17.0 Å². The molecule has 1 N–H and O–H groups in total. The third kappa shape index (κ3) is 5.17. The van der Waals surface area contributed by atoms with E-state index in [1.807, 2.05) is 24.3 Å². The zero-order valence-corrected chi connectivity index (χ0v) is 19.3. The molecular formula is C23H22BrN5OS. The number of nitriles is 1. The summed E-state index contributed by atoms with van der Waals surface area (Å²) in [5.41, 5.74) is 1.99. The minimum atomic E-state index is -0.170. The topological polar surface area (TPSA) is 83.6 Å². The van der Waals surface area contributed by atoms with E-state index in [4.69, 9.17) is 0 Å². The molecule has 1 aliphatic carbocycles. The van der Waals surface area contributed by atoms with Crippen molar-refractivity contribution >= 4 is 39.3 Å². The van der Waals surface area contributed by atoms with Crippen LogP contribution in [0.5, 0.6) is 0 Å². The maximum atomic E-state index is 12.6. The molecule has 0 unspecified atom stereocenters. The van der Waals surface area contributed by atoms with Gasteiger partial charge in [-0.15, -0.1) is 10.2 Å². The number of carbonyl (C=O) groups excluding carboxylic acids is 1. The van der Waals surface area contributed by atoms with Crippen molar-refractivity contribution in [3.8, 4) is 17.5 Å². The molecule has 1 heterocycles. The highest BCUT2D eigenvalue weighted by Gasteiger charge is 2.24. The maximum Gasteiger partial charge on any atom is 0.234 e. The standard InChI is InChI=1S/C23H22BrN5OS/c24-18-12-10-16(11-13-18)22-27-28-23(29(22)19-7-2-1-3-8-19)31-15-21(30)26-20-9-5-4-6-17(20)14-25/h4-6,9-13,19H,1-3,7-8,15H2,(H,26,30). The number of amides is 1. The average molecular weight is 496 g/mol. The zero-order chi connectivity index (χ0) is 21.6. The van der Waals surface area contributed by atoms with Crippen LogP contribution in [0.4, 0.5) is 5.69 Å². The number of carbonyl (C=O) groups is 1. The molecule has 1 amide bonds. The van der Waals surface area contributed by atoms with E-state index < -0.39 is 0 Å². The Bertz CT molecular complexity index is 1100. The van der Waals surface area contributed by atoms with Crippen molar-refractivity contribution in [2.75, 3.05) is 11.1 Å². The smallest absolute Gasteiger partial charge is 0.234 e. The first-order valence-electron chi connectivity index (χ1n) is 10.3. The van der Waals surface area contributed by atoms with Gasteiger partial charge in [0.25, 0.3) is 0 Å². The monoisotopic (exact) mass is 495 g/mol. The first kappa shape index (κ1) is 21.6. The second-order valence-electron chi connectivity index (χ2n) is 7.47. The summed E-state index contributed by atoms with van der Waals surface area (Å²) in [6, 6.07) is 17.5. The summed E-state index contributed by atoms with van der Waals surface area (Å²) in [6.07, 6.45) is 5.83. The van der Waals surface area contributed by atoms with E-state index >= 15 is 0 Å². The molecule has 2 aromatic carbocycles. The SMILES string of the molecule is N#Cc1ccccc1NC(=O)CSc1nnc(-c2ccc(Br)cc2)n1C1CCCCC1. The summed E-state index contributed by atoms with van der Waals surface area (Å²) in [6.45, 7) is 0. The van der Waals surface area contributed by atoms with Gasteiger partial charge in [-0.05, 0) is 37.1 Å². The van der Waals surface area contributed by atoms with Crippen LogP contribution in [0.3, 0.4) is 0 Å². The number of nitrogens with one attached hydrogen (secondary N) is 1. The van der Waals surface area contributed by atoms with Gasteiger partial charge < -0.3 is 5.32 Å². The van der Waals surface area contributed by atoms with Crippen molar-refractivity contribution in [1.82, 2.24) is 14.8 Å². The number of para-hydroxylation sites is 1. The summed E-state index contributed by atoms with van der Waals surface area (Å²) >= 11 is 4.87. The quantitative estimate of drug-likeness (QED) is 0.435. The number of rotatable bonds is 6. The minimum Gasteiger partial charge on any atom is -0.324 e. The van der Waals surface area contributed by atoms with Gasteiger partial charge in [0.15, 0.2) is 11.0 Å². The van der Waals surface area contributed by atoms with Gasteiger partial charge in [-0.1, -0.05) is 71.2 Å². The molecule has 0 aliphatic heterocycles. The molecule has 6 nitrogen and oxygen atoms in total. The Labute approximate surface area is 194 Å². The number of nitrogens with zero attached hydrogens (tertiary/aromatic N) is 4. The number of anilines is 1. The highest BCUT2D eigenvalue weighted by atomic mass is 79.9. The van der Waals surface area contributed by atoms with Gasteiger partial charge in [0.1, 0.15) is 6.07 Å². The maximum absolute atomic E-state index is 12.6. The average Bonchev–Trinajstić information content (AvgIpc) is 3.23. The van der Waals surface area contributed by atoms with E-state index in [2.05, 4.69) is 42.1 Å². The molecule has 31 heavy (non-hydrogen) atoms. The van der Waals surface area contributed by atoms with E-state index in [9.17, 15) is 10.1 Å². The third-order valence-corrected chi connectivity index (χ3v) is 6.83. The molecule has 1 aromatic heterocycles. The van der Waals surface area contributed by atoms with E-state index in [1.165, 1.54) is 31.0 Å². The van der Waals surface area contributed by atoms with Crippen LogP contribution < -0.4 is 5.32 Å². The number of benzene rings is 2. The molecule has 0 spiro atoms. The lowest BCUT2D eigenvalue weighted by molar-refractivity contribution is -0.113. The van der Waals surface area contributed by atoms with Gasteiger partial charge in [0.2, 0.25) is 5.91 Å². The Kier molecular flexibility index (Phi) is 7.05. The van der Waals surface area contributed by atoms with Gasteiger partial charge in [-0.2, -0.15) is 5.26 Å². The first-order chi connectivity index (χ1) is 15.2. The van der Waals surface area contributed by atoms with Crippen molar-refractivity contribution in [2.24, 2.45) is 0 Å². The molecule has 1 aliphatic rings. The van der Waals surface area contributed by atoms with Crippen molar-refractivity contribution in [3.63, 3.8) is 0 Å². The molecule has 3 aromatic rings. The molecular weight excluding hydrogens is 474 g/mol. The predicted octanol–water partition coefficient (Wildman–Crippen LogP) is 5.82. The van der Waals surface area contributed by atoms with Crippen molar-refractivity contribution in [2.45, 2.75) is 43.3 Å². The summed E-state index contributed by atoms with van der Waals surface area (Å²) < 4.78 is 3.23. The second kappa shape index (κ2) is 10.1. The summed E-state index contributed by atoms with van der Waals surface area (Å²) in [5, 5.41) is 21.7. The van der Waals surface area contributed by atoms with Gasteiger partial charge in [-0.3, -0.25) is 9.36 Å². The number of halogens is 1. The summed E-state index contributed by atoms with van der Waals surface area (Å²) in [5.74, 6) is 0.874. The van der Waals surface area contributed by atoms with Crippen LogP contribution in [0.2, 0.25) is 0 Å². The number of thioether (sulfide) groups is 1. The van der Waals surface area contributed by atoms with Crippen LogP contribution in [-0.4, -0.2) is 26.4 Å². The molecule has 0 radical (unpaired) electrons. The Morgan fingerprint density at radius 2 is 1.87 bits per heavy atom. The van der Waals surface area contributed by atoms with Crippen LogP contribution in [-0.2, 0) is 4.79 Å². The fourth-order valence-corrected chi connectivity index (χ4v) is 4.92. The molecule has 0 bridgehead atoms. The van der Waals surface area contributed by atoms with Crippen LogP contribution in [0, 0.1) is 11.3 Å². The molecule has 1 saturated carbocycles. The fourth-order valence-electron chi connectivity index (χ4n) is 3.85. The van der Waals surface area contributed by atoms with Gasteiger partial charge >= 0.3 is 0 Å². The van der Waals surface area contributed by atoms with Crippen molar-refractivity contribution < 1.29 is 4.79 Å². The van der Waals surface area contributed by atoms with Crippen LogP contribution in [0.15, 0.2) is 58.2 Å². The number of hydrogen-bond donors (Lipinski definition) is 1. The van der Waals surface area contributed by atoms with Crippen LogP contribution in [0.25, 0.3) is 11.4 Å². The lowest BCUT2D eigenvalue weighted by Crippen LogP contribution is -2.17. The zero-order valence-electron chi connectivity index (χ0n) is 16.9. The fraction of sp³-hybridized carbons (Fsp3) is 0.304. The second-order valence-corrected chi connectivity index (χ2v) is 9.33. The van der Waals surface area contributed by atoms with E-state index in [1.54, 1.807) is 24.3 Å². The molecule has 0 atom stereocenters. The third-order valence-electron chi connectivity index (χ3n) is 5.36. The molecule has 4 rings (SSSR count). The van der Waals surface area contributed by atoms with Gasteiger partial charge in [-0.25, -0.2) is 0 Å². The predicted molar refractivity (Wildman–Crippen MR) is 126 cm³/mol. The normalized spacial score (nSPS) is 14.2. The number of hydrogen-bond acceptors (Lipinski definition) is 5. The molecule has 0 saturated heterocycles. The molecule has 158 valence electrons. The van der Waals surface area contributed by atoms with Crippen molar-refractivity contribution in [1.29, 1.82) is 5.26 Å². The van der Waals surface area contributed by atoms with E-state index in [0.29, 0.717) is 17.3 Å². The minimum absolute atomic E-state index is 0.170. The highest BCUT2D eigenvalue weighted by Crippen LogP contribution is 2.35. The lowest BCUT2D eigenvalue weighted by atomic mass is 9.95. The summed E-state index contributed by atoms with van der Waals surface area (Å²) in [7, 11) is 0. The van der Waals surface area contributed by atoms with E-state index in [-0.39, 0.29) is 11.7 Å². The first-order valence-corrected chi connectivity index (χ1v) is 12.1. The molecule has 1 fully saturated rings. The van der Waals surface area contributed by atoms with Crippen LogP contribution in [0.1, 0.15) is 43.7 Å². The van der Waals surface area contributed by atoms with Crippen LogP contribution >= 0.6 is 27.7 Å². The molecule has 8 heteroatoms. The summed E-state index contributed by atoms with van der Waals surface area (Å²) in [4.78, 5) is 12.6. The lowest BCUT2D eigenvalue weighted by Gasteiger charge is -2.25. The Balaban J connectivity index is 1.54. The van der Waals surface area contributed by atoms with Gasteiger partial charge in [0, 0.05) is 16.1 Å². The van der Waals surface area contributed by atoms with Crippen molar-refractivity contribution in [3.05, 3.63) is 58.6 Å².